The predicted molar refractivity (Wildman–Crippen MR) is 99.7 cm³/mol. The first kappa shape index (κ1) is 18.0. The van der Waals surface area contributed by atoms with E-state index in [1.54, 1.807) is 47.4 Å². The number of carbonyl (C=O) groups excluding carboxylic acids is 3. The molecule has 2 heterocycles. The number of esters is 1. The van der Waals surface area contributed by atoms with Crippen molar-refractivity contribution in [2.24, 2.45) is 0 Å². The minimum absolute atomic E-state index is 0.0304. The van der Waals surface area contributed by atoms with E-state index >= 15 is 0 Å². The van der Waals surface area contributed by atoms with Crippen LogP contribution in [0.1, 0.15) is 23.2 Å². The van der Waals surface area contributed by atoms with Crippen molar-refractivity contribution >= 4 is 23.3 Å². The van der Waals surface area contributed by atoms with E-state index < -0.39 is 12.1 Å². The number of rotatable bonds is 5. The van der Waals surface area contributed by atoms with Crippen LogP contribution in [0.25, 0.3) is 0 Å². The van der Waals surface area contributed by atoms with Gasteiger partial charge in [-0.15, -0.1) is 0 Å². The van der Waals surface area contributed by atoms with Gasteiger partial charge in [0.15, 0.2) is 23.9 Å². The topological polar surface area (TPSA) is 82.1 Å². The maximum atomic E-state index is 12.3. The molecule has 0 radical (unpaired) electrons. The highest BCUT2D eigenvalue weighted by Gasteiger charge is 2.29. The molecule has 144 valence electrons. The SMILES string of the molecule is O=C(COC(=O)[C@@H]1COc2ccccc2O1)c1ccc(N2CCCC2=O)cc1. The number of Topliss-reactive ketones (excluding diaryl/α,β-unsaturated/α-hetero) is 1. The number of amides is 1. The molecular formula is C21H19NO6. The van der Waals surface area contributed by atoms with Gasteiger partial charge in [0.05, 0.1) is 0 Å². The van der Waals surface area contributed by atoms with Crippen molar-refractivity contribution < 1.29 is 28.6 Å². The van der Waals surface area contributed by atoms with Crippen LogP contribution in [0.5, 0.6) is 11.5 Å². The molecule has 0 bridgehead atoms. The second-order valence-corrected chi connectivity index (χ2v) is 6.59. The summed E-state index contributed by atoms with van der Waals surface area (Å²) in [4.78, 5) is 38.0. The molecule has 0 aliphatic carbocycles. The second kappa shape index (κ2) is 7.72. The highest BCUT2D eigenvalue weighted by molar-refractivity contribution is 5.99. The summed E-state index contributed by atoms with van der Waals surface area (Å²) in [5, 5.41) is 0. The summed E-state index contributed by atoms with van der Waals surface area (Å²) in [7, 11) is 0. The van der Waals surface area contributed by atoms with E-state index in [1.165, 1.54) is 0 Å². The normalized spacial score (nSPS) is 18.1. The Morgan fingerprint density at radius 1 is 1.07 bits per heavy atom. The minimum atomic E-state index is -0.911. The molecular weight excluding hydrogens is 362 g/mol. The number of nitrogens with zero attached hydrogens (tertiary/aromatic N) is 1. The van der Waals surface area contributed by atoms with E-state index in [9.17, 15) is 14.4 Å². The van der Waals surface area contributed by atoms with Crippen LogP contribution >= 0.6 is 0 Å². The van der Waals surface area contributed by atoms with E-state index in [1.807, 2.05) is 6.07 Å². The van der Waals surface area contributed by atoms with Crippen LogP contribution in [0.4, 0.5) is 5.69 Å². The Morgan fingerprint density at radius 3 is 2.54 bits per heavy atom. The third-order valence-electron chi connectivity index (χ3n) is 4.69. The van der Waals surface area contributed by atoms with Crippen LogP contribution in [0.3, 0.4) is 0 Å². The Balaban J connectivity index is 1.32. The zero-order chi connectivity index (χ0) is 19.5. The number of anilines is 1. The summed E-state index contributed by atoms with van der Waals surface area (Å²) in [6.45, 7) is 0.335. The molecule has 2 aromatic carbocycles. The Hall–Kier alpha value is -3.35. The predicted octanol–water partition coefficient (Wildman–Crippen LogP) is 2.38. The van der Waals surface area contributed by atoms with E-state index in [0.717, 1.165) is 12.1 Å². The second-order valence-electron chi connectivity index (χ2n) is 6.59. The van der Waals surface area contributed by atoms with Crippen LogP contribution in [0.15, 0.2) is 48.5 Å². The molecule has 7 heteroatoms. The zero-order valence-electron chi connectivity index (χ0n) is 15.1. The maximum absolute atomic E-state index is 12.3. The van der Waals surface area contributed by atoms with Crippen LogP contribution in [-0.2, 0) is 14.3 Å². The molecule has 2 aliphatic heterocycles. The van der Waals surface area contributed by atoms with Gasteiger partial charge in [0.25, 0.3) is 0 Å². The lowest BCUT2D eigenvalue weighted by atomic mass is 10.1. The van der Waals surface area contributed by atoms with Crippen LogP contribution in [0.2, 0.25) is 0 Å². The summed E-state index contributed by atoms with van der Waals surface area (Å²) in [5.74, 6) is 0.143. The molecule has 28 heavy (non-hydrogen) atoms. The van der Waals surface area contributed by atoms with Crippen molar-refractivity contribution in [1.29, 1.82) is 0 Å². The van der Waals surface area contributed by atoms with E-state index in [4.69, 9.17) is 14.2 Å². The molecule has 2 aromatic rings. The lowest BCUT2D eigenvalue weighted by Gasteiger charge is -2.24. The fourth-order valence-corrected chi connectivity index (χ4v) is 3.20. The number of ketones is 1. The quantitative estimate of drug-likeness (QED) is 0.584. The third kappa shape index (κ3) is 3.69. The smallest absolute Gasteiger partial charge is 0.351 e. The van der Waals surface area contributed by atoms with E-state index in [0.29, 0.717) is 30.0 Å². The van der Waals surface area contributed by atoms with Crippen molar-refractivity contribution in [3.05, 3.63) is 54.1 Å². The van der Waals surface area contributed by atoms with Crippen molar-refractivity contribution in [1.82, 2.24) is 0 Å². The third-order valence-corrected chi connectivity index (χ3v) is 4.69. The van der Waals surface area contributed by atoms with E-state index in [-0.39, 0.29) is 24.9 Å². The van der Waals surface area contributed by atoms with Gasteiger partial charge in [0, 0.05) is 24.2 Å². The molecule has 1 atom stereocenters. The molecule has 4 rings (SSSR count). The Morgan fingerprint density at radius 2 is 1.82 bits per heavy atom. The lowest BCUT2D eigenvalue weighted by molar-refractivity contribution is -0.153. The summed E-state index contributed by atoms with van der Waals surface area (Å²) < 4.78 is 16.1. The molecule has 1 fully saturated rings. The summed E-state index contributed by atoms with van der Waals surface area (Å²) in [5.41, 5.74) is 1.18. The van der Waals surface area contributed by atoms with Crippen molar-refractivity contribution in [2.75, 3.05) is 24.7 Å². The van der Waals surface area contributed by atoms with Gasteiger partial charge in [-0.05, 0) is 42.8 Å². The molecule has 1 amide bonds. The van der Waals surface area contributed by atoms with Crippen LogP contribution < -0.4 is 14.4 Å². The summed E-state index contributed by atoms with van der Waals surface area (Å²) in [6, 6.07) is 13.8. The van der Waals surface area contributed by atoms with Gasteiger partial charge in [-0.3, -0.25) is 9.59 Å². The fraction of sp³-hybridized carbons (Fsp3) is 0.286. The zero-order valence-corrected chi connectivity index (χ0v) is 15.1. The number of benzene rings is 2. The van der Waals surface area contributed by atoms with Gasteiger partial charge in [-0.1, -0.05) is 12.1 Å². The summed E-state index contributed by atoms with van der Waals surface area (Å²) >= 11 is 0. The maximum Gasteiger partial charge on any atom is 0.351 e. The Labute approximate surface area is 161 Å². The van der Waals surface area contributed by atoms with Crippen LogP contribution in [0, 0.1) is 0 Å². The molecule has 0 saturated carbocycles. The first-order chi connectivity index (χ1) is 13.6. The van der Waals surface area contributed by atoms with Crippen molar-refractivity contribution in [2.45, 2.75) is 18.9 Å². The van der Waals surface area contributed by atoms with Crippen LogP contribution in [-0.4, -0.2) is 43.5 Å². The number of hydrogen-bond donors (Lipinski definition) is 0. The van der Waals surface area contributed by atoms with Gasteiger partial charge >= 0.3 is 5.97 Å². The number of fused-ring (bicyclic) bond motifs is 1. The van der Waals surface area contributed by atoms with Gasteiger partial charge in [0.2, 0.25) is 12.0 Å². The standard InChI is InChI=1S/C21H19NO6/c23-16(14-7-9-15(10-8-14)22-11-3-6-20(22)24)12-27-21(25)19-13-26-17-4-1-2-5-18(17)28-19/h1-2,4-5,7-10,19H,3,6,11-13H2/t19-/m0/s1. The average molecular weight is 381 g/mol. The summed E-state index contributed by atoms with van der Waals surface area (Å²) in [6.07, 6.45) is 0.479. The van der Waals surface area contributed by atoms with Crippen molar-refractivity contribution in [3.8, 4) is 11.5 Å². The highest BCUT2D eigenvalue weighted by Crippen LogP contribution is 2.31. The number of ether oxygens (including phenoxy) is 3. The highest BCUT2D eigenvalue weighted by atomic mass is 16.6. The number of para-hydroxylation sites is 2. The monoisotopic (exact) mass is 381 g/mol. The van der Waals surface area contributed by atoms with Crippen molar-refractivity contribution in [3.63, 3.8) is 0 Å². The fourth-order valence-electron chi connectivity index (χ4n) is 3.20. The van der Waals surface area contributed by atoms with Gasteiger partial charge in [-0.2, -0.15) is 0 Å². The largest absolute Gasteiger partial charge is 0.485 e. The van der Waals surface area contributed by atoms with E-state index in [2.05, 4.69) is 0 Å². The first-order valence-electron chi connectivity index (χ1n) is 9.10. The van der Waals surface area contributed by atoms with Gasteiger partial charge in [-0.25, -0.2) is 4.79 Å². The first-order valence-corrected chi connectivity index (χ1v) is 9.10. The lowest BCUT2D eigenvalue weighted by Crippen LogP contribution is -2.38. The molecule has 0 aromatic heterocycles. The Bertz CT molecular complexity index is 907. The van der Waals surface area contributed by atoms with Gasteiger partial charge < -0.3 is 19.1 Å². The average Bonchev–Trinajstić information content (AvgIpc) is 3.17. The van der Waals surface area contributed by atoms with Gasteiger partial charge in [0.1, 0.15) is 6.61 Å². The number of hydrogen-bond acceptors (Lipinski definition) is 6. The Kier molecular flexibility index (Phi) is 4.97. The molecule has 0 spiro atoms. The minimum Gasteiger partial charge on any atom is -0.485 e. The molecule has 1 saturated heterocycles. The molecule has 7 nitrogen and oxygen atoms in total. The molecule has 0 unspecified atom stereocenters. The molecule has 0 N–H and O–H groups in total. The molecule has 2 aliphatic rings. The number of carbonyl (C=O) groups is 3.